The van der Waals surface area contributed by atoms with Crippen LogP contribution >= 0.6 is 12.4 Å². The molecule has 8 heteroatoms. The lowest BCUT2D eigenvalue weighted by atomic mass is 10.0. The lowest BCUT2D eigenvalue weighted by Crippen LogP contribution is -2.51. The summed E-state index contributed by atoms with van der Waals surface area (Å²) in [6, 6.07) is 4.87. The second-order valence-corrected chi connectivity index (χ2v) is 6.41. The topological polar surface area (TPSA) is 90.5 Å². The van der Waals surface area contributed by atoms with Crippen LogP contribution in [-0.4, -0.2) is 48.7 Å². The Morgan fingerprint density at radius 2 is 2.00 bits per heavy atom. The van der Waals surface area contributed by atoms with Gasteiger partial charge in [-0.05, 0) is 18.1 Å². The molecule has 0 saturated carbocycles. The molecule has 0 aromatic heterocycles. The van der Waals surface area contributed by atoms with Crippen LogP contribution in [0.4, 0.5) is 4.39 Å². The van der Waals surface area contributed by atoms with Crippen LogP contribution in [0.5, 0.6) is 0 Å². The Bertz CT molecular complexity index is 600. The first-order valence-corrected chi connectivity index (χ1v) is 8.12. The van der Waals surface area contributed by atoms with E-state index in [0.717, 1.165) is 0 Å². The largest absolute Gasteiger partial charge is 0.391 e. The van der Waals surface area contributed by atoms with Crippen molar-refractivity contribution in [1.29, 1.82) is 0 Å². The molecule has 2 rings (SSSR count). The fourth-order valence-corrected chi connectivity index (χ4v) is 2.67. The van der Waals surface area contributed by atoms with Crippen molar-refractivity contribution in [3.05, 3.63) is 35.6 Å². The average Bonchev–Trinajstić information content (AvgIpc) is 2.95. The first kappa shape index (κ1) is 21.3. The summed E-state index contributed by atoms with van der Waals surface area (Å²) in [7, 11) is 0. The number of aliphatic hydroxyl groups is 1. The molecule has 1 heterocycles. The minimum atomic E-state index is -0.774. The number of rotatable bonds is 6. The van der Waals surface area contributed by atoms with Crippen LogP contribution in [0.3, 0.4) is 0 Å². The van der Waals surface area contributed by atoms with E-state index in [-0.39, 0.29) is 35.7 Å². The molecule has 1 aliphatic rings. The predicted molar refractivity (Wildman–Crippen MR) is 95.1 cm³/mol. The number of benzene rings is 1. The molecular formula is C17H25ClFN3O3. The Morgan fingerprint density at radius 1 is 1.32 bits per heavy atom. The number of nitrogens with one attached hydrogen (secondary N) is 3. The fourth-order valence-electron chi connectivity index (χ4n) is 2.67. The normalized spacial score (nSPS) is 20.7. The van der Waals surface area contributed by atoms with Crippen molar-refractivity contribution >= 4 is 24.2 Å². The Hall–Kier alpha value is -1.70. The third kappa shape index (κ3) is 5.66. The third-order valence-corrected chi connectivity index (χ3v) is 4.20. The maximum absolute atomic E-state index is 13.7. The monoisotopic (exact) mass is 373 g/mol. The molecule has 1 aromatic carbocycles. The first-order chi connectivity index (χ1) is 11.4. The van der Waals surface area contributed by atoms with Gasteiger partial charge >= 0.3 is 0 Å². The zero-order valence-corrected chi connectivity index (χ0v) is 15.1. The van der Waals surface area contributed by atoms with Crippen molar-refractivity contribution in [2.75, 3.05) is 19.6 Å². The molecule has 6 nitrogen and oxygen atoms in total. The van der Waals surface area contributed by atoms with Crippen LogP contribution in [0.2, 0.25) is 0 Å². The number of aliphatic hydroxyl groups excluding tert-OH is 1. The van der Waals surface area contributed by atoms with Crippen molar-refractivity contribution in [2.24, 2.45) is 11.8 Å². The van der Waals surface area contributed by atoms with Gasteiger partial charge in [0, 0.05) is 25.6 Å². The van der Waals surface area contributed by atoms with Crippen molar-refractivity contribution in [2.45, 2.75) is 26.0 Å². The van der Waals surface area contributed by atoms with E-state index in [9.17, 15) is 19.1 Å². The zero-order valence-electron chi connectivity index (χ0n) is 14.3. The molecule has 1 aliphatic heterocycles. The van der Waals surface area contributed by atoms with Crippen molar-refractivity contribution in [3.8, 4) is 0 Å². The van der Waals surface area contributed by atoms with E-state index in [4.69, 9.17) is 0 Å². The van der Waals surface area contributed by atoms with Crippen LogP contribution in [-0.2, 0) is 4.79 Å². The van der Waals surface area contributed by atoms with E-state index >= 15 is 0 Å². The van der Waals surface area contributed by atoms with Gasteiger partial charge < -0.3 is 21.1 Å². The first-order valence-electron chi connectivity index (χ1n) is 8.12. The summed E-state index contributed by atoms with van der Waals surface area (Å²) in [4.78, 5) is 24.6. The Labute approximate surface area is 153 Å². The summed E-state index contributed by atoms with van der Waals surface area (Å²) in [5.41, 5.74) is -0.0913. The number of hydrogen-bond donors (Lipinski definition) is 4. The average molecular weight is 374 g/mol. The van der Waals surface area contributed by atoms with Gasteiger partial charge in [0.05, 0.1) is 11.7 Å². The summed E-state index contributed by atoms with van der Waals surface area (Å²) in [5, 5.41) is 18.1. The second-order valence-electron chi connectivity index (χ2n) is 6.41. The van der Waals surface area contributed by atoms with E-state index in [0.29, 0.717) is 19.6 Å². The van der Waals surface area contributed by atoms with Gasteiger partial charge in [0.25, 0.3) is 5.91 Å². The molecule has 1 fully saturated rings. The SMILES string of the molecule is CC(C)C(NC(=O)c1ccccc1F)C(=O)NCC1CNCC1O.Cl. The minimum absolute atomic E-state index is 0. The lowest BCUT2D eigenvalue weighted by molar-refractivity contribution is -0.124. The molecule has 0 aliphatic carbocycles. The third-order valence-electron chi connectivity index (χ3n) is 4.20. The highest BCUT2D eigenvalue weighted by Gasteiger charge is 2.29. The fraction of sp³-hybridized carbons (Fsp3) is 0.529. The number of halogens is 2. The summed E-state index contributed by atoms with van der Waals surface area (Å²) in [5.74, 6) is -1.80. The molecule has 0 radical (unpaired) electrons. The number of hydrogen-bond acceptors (Lipinski definition) is 4. The van der Waals surface area contributed by atoms with E-state index in [2.05, 4.69) is 16.0 Å². The smallest absolute Gasteiger partial charge is 0.254 e. The number of carbonyl (C=O) groups is 2. The molecular weight excluding hydrogens is 349 g/mol. The van der Waals surface area contributed by atoms with Crippen molar-refractivity contribution < 1.29 is 19.1 Å². The molecule has 1 aromatic rings. The molecule has 1 saturated heterocycles. The van der Waals surface area contributed by atoms with Gasteiger partial charge in [-0.2, -0.15) is 0 Å². The van der Waals surface area contributed by atoms with Gasteiger partial charge in [0.2, 0.25) is 5.91 Å². The molecule has 0 bridgehead atoms. The van der Waals surface area contributed by atoms with Gasteiger partial charge in [-0.3, -0.25) is 9.59 Å². The van der Waals surface area contributed by atoms with E-state index in [1.165, 1.54) is 18.2 Å². The molecule has 4 N–H and O–H groups in total. The highest BCUT2D eigenvalue weighted by molar-refractivity contribution is 5.97. The molecule has 140 valence electrons. The van der Waals surface area contributed by atoms with Gasteiger partial charge in [-0.15, -0.1) is 12.4 Å². The number of β-amino-alcohol motifs (C(OH)–C–C–N with tert-alkyl or cyclic N) is 1. The van der Waals surface area contributed by atoms with E-state index in [1.807, 2.05) is 0 Å². The van der Waals surface area contributed by atoms with Crippen LogP contribution in [0, 0.1) is 17.7 Å². The van der Waals surface area contributed by atoms with E-state index in [1.54, 1.807) is 19.9 Å². The highest BCUT2D eigenvalue weighted by Crippen LogP contribution is 2.10. The standard InChI is InChI=1S/C17H24FN3O3.ClH/c1-10(2)15(17(24)20-8-11-7-19-9-14(11)22)21-16(23)12-5-3-4-6-13(12)18;/h3-6,10-11,14-15,19,22H,7-9H2,1-2H3,(H,20,24)(H,21,23);1H. The maximum Gasteiger partial charge on any atom is 0.254 e. The van der Waals surface area contributed by atoms with Crippen LogP contribution in [0.15, 0.2) is 24.3 Å². The van der Waals surface area contributed by atoms with Crippen LogP contribution in [0.1, 0.15) is 24.2 Å². The van der Waals surface area contributed by atoms with Gasteiger partial charge in [-0.1, -0.05) is 26.0 Å². The Balaban J connectivity index is 0.00000312. The molecule has 25 heavy (non-hydrogen) atoms. The van der Waals surface area contributed by atoms with Gasteiger partial charge in [0.15, 0.2) is 0 Å². The van der Waals surface area contributed by atoms with E-state index < -0.39 is 23.9 Å². The van der Waals surface area contributed by atoms with Crippen molar-refractivity contribution in [3.63, 3.8) is 0 Å². The quantitative estimate of drug-likeness (QED) is 0.591. The molecule has 0 spiro atoms. The Morgan fingerprint density at radius 3 is 2.56 bits per heavy atom. The minimum Gasteiger partial charge on any atom is -0.391 e. The molecule has 3 unspecified atom stereocenters. The van der Waals surface area contributed by atoms with Crippen LogP contribution < -0.4 is 16.0 Å². The lowest BCUT2D eigenvalue weighted by Gasteiger charge is -2.23. The molecule has 2 amide bonds. The highest BCUT2D eigenvalue weighted by atomic mass is 35.5. The summed E-state index contributed by atoms with van der Waals surface area (Å²) >= 11 is 0. The summed E-state index contributed by atoms with van der Waals surface area (Å²) in [6.45, 7) is 5.08. The van der Waals surface area contributed by atoms with Gasteiger partial charge in [-0.25, -0.2) is 4.39 Å². The van der Waals surface area contributed by atoms with Crippen LogP contribution in [0.25, 0.3) is 0 Å². The number of amides is 2. The summed E-state index contributed by atoms with van der Waals surface area (Å²) in [6.07, 6.45) is -0.490. The second kappa shape index (κ2) is 9.70. The van der Waals surface area contributed by atoms with Gasteiger partial charge in [0.1, 0.15) is 11.9 Å². The predicted octanol–water partition coefficient (Wildman–Crippen LogP) is 0.698. The number of carbonyl (C=O) groups excluding carboxylic acids is 2. The van der Waals surface area contributed by atoms with Crippen molar-refractivity contribution in [1.82, 2.24) is 16.0 Å². The summed E-state index contributed by atoms with van der Waals surface area (Å²) < 4.78 is 13.7. The zero-order chi connectivity index (χ0) is 17.7. The maximum atomic E-state index is 13.7. The Kier molecular flexibility index (Phi) is 8.28. The molecule has 3 atom stereocenters.